The molecule has 0 atom stereocenters. The SMILES string of the molecule is Nc1cc2c(O)cc(S(=O)(=O)O)cc2cc1S(=O)(=O)O.[Na+]. The van der Waals surface area contributed by atoms with Gasteiger partial charge in [0.15, 0.2) is 0 Å². The average molecular weight is 342 g/mol. The van der Waals surface area contributed by atoms with E-state index in [9.17, 15) is 21.9 Å². The van der Waals surface area contributed by atoms with Gasteiger partial charge in [-0.1, -0.05) is 0 Å². The molecule has 0 aliphatic rings. The number of nitrogen functional groups attached to an aromatic ring is 1. The Morgan fingerprint density at radius 2 is 1.48 bits per heavy atom. The molecule has 0 aliphatic heterocycles. The standard InChI is InChI=1S/C10H9NO7S2.Na/c11-8-4-7-5(2-10(8)20(16,17)18)1-6(3-9(7)12)19(13,14)15;/h1-4,12H,11H2,(H,13,14,15)(H,16,17,18);/q;+1. The van der Waals surface area contributed by atoms with Gasteiger partial charge >= 0.3 is 29.6 Å². The van der Waals surface area contributed by atoms with E-state index < -0.39 is 35.8 Å². The first-order valence-electron chi connectivity index (χ1n) is 5.01. The summed E-state index contributed by atoms with van der Waals surface area (Å²) in [5.41, 5.74) is 5.14. The van der Waals surface area contributed by atoms with Crippen molar-refractivity contribution < 1.29 is 60.6 Å². The largest absolute Gasteiger partial charge is 1.00 e. The van der Waals surface area contributed by atoms with Crippen molar-refractivity contribution in [1.82, 2.24) is 0 Å². The van der Waals surface area contributed by atoms with Crippen LogP contribution in [-0.4, -0.2) is 31.0 Å². The van der Waals surface area contributed by atoms with Crippen molar-refractivity contribution in [2.45, 2.75) is 9.79 Å². The summed E-state index contributed by atoms with van der Waals surface area (Å²) in [4.78, 5) is -1.24. The summed E-state index contributed by atoms with van der Waals surface area (Å²) in [5, 5.41) is 9.73. The molecule has 5 N–H and O–H groups in total. The van der Waals surface area contributed by atoms with Gasteiger partial charge in [0, 0.05) is 11.5 Å². The zero-order valence-corrected chi connectivity index (χ0v) is 14.3. The molecule has 2 aromatic rings. The fourth-order valence-electron chi connectivity index (χ4n) is 1.73. The molecule has 2 aromatic carbocycles. The number of phenolic OH excluding ortho intramolecular Hbond substituents is 1. The number of aromatic hydroxyl groups is 1. The van der Waals surface area contributed by atoms with Gasteiger partial charge in [0.05, 0.1) is 10.6 Å². The topological polar surface area (TPSA) is 155 Å². The molecular weight excluding hydrogens is 333 g/mol. The quantitative estimate of drug-likeness (QED) is 0.268. The maximum atomic E-state index is 11.1. The molecule has 0 bridgehead atoms. The Hall–Kier alpha value is -0.880. The number of rotatable bonds is 2. The number of fused-ring (bicyclic) bond motifs is 1. The van der Waals surface area contributed by atoms with Crippen molar-refractivity contribution >= 4 is 36.7 Å². The van der Waals surface area contributed by atoms with Crippen LogP contribution in [0.4, 0.5) is 5.69 Å². The Balaban J connectivity index is 0.00000220. The van der Waals surface area contributed by atoms with Crippen LogP contribution in [0.2, 0.25) is 0 Å². The zero-order valence-electron chi connectivity index (χ0n) is 10.7. The Morgan fingerprint density at radius 3 is 1.95 bits per heavy atom. The average Bonchev–Trinajstić information content (AvgIpc) is 2.26. The number of anilines is 1. The normalized spacial score (nSPS) is 12.1. The first-order chi connectivity index (χ1) is 9.00. The van der Waals surface area contributed by atoms with Gasteiger partial charge in [-0.3, -0.25) is 9.11 Å². The minimum Gasteiger partial charge on any atom is -0.507 e. The molecule has 0 amide bonds. The van der Waals surface area contributed by atoms with Crippen LogP contribution in [0.25, 0.3) is 10.8 Å². The van der Waals surface area contributed by atoms with Crippen LogP contribution < -0.4 is 35.3 Å². The molecule has 21 heavy (non-hydrogen) atoms. The first kappa shape index (κ1) is 18.2. The van der Waals surface area contributed by atoms with E-state index >= 15 is 0 Å². The van der Waals surface area contributed by atoms with E-state index in [1.807, 2.05) is 0 Å². The summed E-state index contributed by atoms with van der Waals surface area (Å²) in [7, 11) is -9.18. The number of phenols is 1. The summed E-state index contributed by atoms with van der Waals surface area (Å²) in [6.07, 6.45) is 0. The van der Waals surface area contributed by atoms with Gasteiger partial charge in [-0.05, 0) is 23.6 Å². The molecule has 0 heterocycles. The third kappa shape index (κ3) is 3.66. The van der Waals surface area contributed by atoms with Gasteiger partial charge in [0.2, 0.25) is 0 Å². The predicted molar refractivity (Wildman–Crippen MR) is 69.7 cm³/mol. The van der Waals surface area contributed by atoms with Gasteiger partial charge < -0.3 is 10.8 Å². The third-order valence-corrected chi connectivity index (χ3v) is 4.35. The number of hydrogen-bond acceptors (Lipinski definition) is 6. The van der Waals surface area contributed by atoms with Crippen LogP contribution in [0.1, 0.15) is 0 Å². The van der Waals surface area contributed by atoms with E-state index in [0.717, 1.165) is 24.3 Å². The van der Waals surface area contributed by atoms with Gasteiger partial charge in [0.1, 0.15) is 10.6 Å². The summed E-state index contributed by atoms with van der Waals surface area (Å²) in [5.74, 6) is -0.510. The molecule has 0 saturated carbocycles. The fraction of sp³-hybridized carbons (Fsp3) is 0. The second-order valence-corrected chi connectivity index (χ2v) is 6.82. The minimum absolute atomic E-state index is 0. The number of hydrogen-bond donors (Lipinski definition) is 4. The second kappa shape index (κ2) is 5.72. The molecule has 0 aromatic heterocycles. The van der Waals surface area contributed by atoms with Crippen molar-refractivity contribution in [3.05, 3.63) is 24.3 Å². The van der Waals surface area contributed by atoms with E-state index in [4.69, 9.17) is 14.8 Å². The molecule has 0 saturated heterocycles. The molecule has 8 nitrogen and oxygen atoms in total. The van der Waals surface area contributed by atoms with Crippen LogP contribution in [0.3, 0.4) is 0 Å². The van der Waals surface area contributed by atoms with Gasteiger partial charge in [-0.25, -0.2) is 0 Å². The van der Waals surface area contributed by atoms with Crippen LogP contribution in [0.5, 0.6) is 5.75 Å². The monoisotopic (exact) mass is 342 g/mol. The Morgan fingerprint density at radius 1 is 0.905 bits per heavy atom. The minimum atomic E-state index is -4.60. The summed E-state index contributed by atoms with van der Waals surface area (Å²) in [6.45, 7) is 0. The van der Waals surface area contributed by atoms with Crippen LogP contribution in [0.15, 0.2) is 34.1 Å². The summed E-state index contributed by atoms with van der Waals surface area (Å²) >= 11 is 0. The van der Waals surface area contributed by atoms with E-state index in [1.54, 1.807) is 0 Å². The van der Waals surface area contributed by atoms with E-state index in [-0.39, 0.29) is 46.0 Å². The van der Waals surface area contributed by atoms with Crippen molar-refractivity contribution in [1.29, 1.82) is 0 Å². The van der Waals surface area contributed by atoms with Gasteiger partial charge in [0.25, 0.3) is 20.2 Å². The molecule has 0 radical (unpaired) electrons. The predicted octanol–water partition coefficient (Wildman–Crippen LogP) is -2.38. The maximum absolute atomic E-state index is 11.1. The van der Waals surface area contributed by atoms with Crippen molar-refractivity contribution in [3.8, 4) is 5.75 Å². The Bertz CT molecular complexity index is 922. The molecule has 108 valence electrons. The van der Waals surface area contributed by atoms with Gasteiger partial charge in [-0.15, -0.1) is 0 Å². The van der Waals surface area contributed by atoms with E-state index in [0.29, 0.717) is 0 Å². The molecule has 0 unspecified atom stereocenters. The second-order valence-electron chi connectivity index (χ2n) is 4.00. The van der Waals surface area contributed by atoms with Crippen molar-refractivity contribution in [2.75, 3.05) is 5.73 Å². The van der Waals surface area contributed by atoms with Crippen molar-refractivity contribution in [2.24, 2.45) is 0 Å². The molecule has 2 rings (SSSR count). The molecule has 0 spiro atoms. The van der Waals surface area contributed by atoms with Gasteiger partial charge in [-0.2, -0.15) is 16.8 Å². The van der Waals surface area contributed by atoms with Crippen LogP contribution >= 0.6 is 0 Å². The molecular formula is C10H9NNaO7S2+. The third-order valence-electron chi connectivity index (χ3n) is 2.61. The van der Waals surface area contributed by atoms with Crippen LogP contribution in [-0.2, 0) is 20.2 Å². The van der Waals surface area contributed by atoms with Crippen LogP contribution in [0, 0.1) is 0 Å². The summed E-state index contributed by atoms with van der Waals surface area (Å²) < 4.78 is 62.2. The Labute approximate surface area is 142 Å². The maximum Gasteiger partial charge on any atom is 1.00 e. The molecule has 0 aliphatic carbocycles. The molecule has 11 heteroatoms. The van der Waals surface area contributed by atoms with E-state index in [2.05, 4.69) is 0 Å². The fourth-order valence-corrected chi connectivity index (χ4v) is 2.90. The summed E-state index contributed by atoms with van der Waals surface area (Å²) in [6, 6.07) is 3.71. The number of nitrogens with two attached hydrogens (primary N) is 1. The zero-order chi connectivity index (χ0) is 15.3. The molecule has 0 fully saturated rings. The van der Waals surface area contributed by atoms with Crippen molar-refractivity contribution in [3.63, 3.8) is 0 Å². The first-order valence-corrected chi connectivity index (χ1v) is 7.89. The van der Waals surface area contributed by atoms with E-state index in [1.165, 1.54) is 0 Å². The smallest absolute Gasteiger partial charge is 0.507 e. The number of benzene rings is 2. The Kier molecular flexibility index (Phi) is 4.95.